The maximum Gasteiger partial charge on any atom is 0.136 e. The van der Waals surface area contributed by atoms with Crippen LogP contribution in [0.15, 0.2) is 63.9 Å². The molecule has 0 aliphatic carbocycles. The van der Waals surface area contributed by atoms with Gasteiger partial charge in [0, 0.05) is 36.3 Å². The number of ether oxygens (including phenoxy) is 1. The molecule has 0 saturated heterocycles. The molecule has 6 nitrogen and oxygen atoms in total. The molecule has 132 valence electrons. The SMILES string of the molecule is N#Cc1cnccc1-c1cc2cc(OCC3=CCC4=NCCN34)ccc2o1. The van der Waals surface area contributed by atoms with Gasteiger partial charge in [0.2, 0.25) is 0 Å². The molecule has 5 rings (SSSR count). The first kappa shape index (κ1) is 15.6. The molecule has 1 aromatic carbocycles. The third kappa shape index (κ3) is 2.74. The molecule has 0 fully saturated rings. The molecule has 0 atom stereocenters. The lowest BCUT2D eigenvalue weighted by Gasteiger charge is -2.17. The summed E-state index contributed by atoms with van der Waals surface area (Å²) in [6.45, 7) is 2.34. The average Bonchev–Trinajstić information content (AvgIpc) is 3.41. The number of aromatic nitrogens is 1. The lowest BCUT2D eigenvalue weighted by atomic mass is 10.1. The van der Waals surface area contributed by atoms with Crippen LogP contribution >= 0.6 is 0 Å². The molecule has 0 N–H and O–H groups in total. The monoisotopic (exact) mass is 356 g/mol. The van der Waals surface area contributed by atoms with E-state index >= 15 is 0 Å². The van der Waals surface area contributed by atoms with Gasteiger partial charge >= 0.3 is 0 Å². The first-order chi connectivity index (χ1) is 13.3. The van der Waals surface area contributed by atoms with Crippen LogP contribution in [0.4, 0.5) is 0 Å². The minimum atomic E-state index is 0.490. The van der Waals surface area contributed by atoms with Gasteiger partial charge < -0.3 is 14.1 Å². The number of fused-ring (bicyclic) bond motifs is 2. The third-order valence-corrected chi connectivity index (χ3v) is 4.88. The highest BCUT2D eigenvalue weighted by Gasteiger charge is 2.25. The van der Waals surface area contributed by atoms with Crippen LogP contribution in [0.2, 0.25) is 0 Å². The second kappa shape index (κ2) is 6.29. The minimum Gasteiger partial charge on any atom is -0.487 e. The van der Waals surface area contributed by atoms with Crippen LogP contribution in [0.1, 0.15) is 12.0 Å². The molecule has 4 heterocycles. The van der Waals surface area contributed by atoms with Gasteiger partial charge in [0.15, 0.2) is 0 Å². The topological polar surface area (TPSA) is 74.7 Å². The Morgan fingerprint density at radius 2 is 2.22 bits per heavy atom. The van der Waals surface area contributed by atoms with E-state index in [1.54, 1.807) is 18.5 Å². The predicted molar refractivity (Wildman–Crippen MR) is 101 cm³/mol. The molecule has 2 aliphatic rings. The molecule has 0 bridgehead atoms. The van der Waals surface area contributed by atoms with Crippen molar-refractivity contribution in [3.8, 4) is 23.1 Å². The Morgan fingerprint density at radius 3 is 3.15 bits per heavy atom. The van der Waals surface area contributed by atoms with Crippen molar-refractivity contribution in [3.63, 3.8) is 0 Å². The Kier molecular flexibility index (Phi) is 3.65. The Labute approximate surface area is 156 Å². The van der Waals surface area contributed by atoms with Gasteiger partial charge in [-0.3, -0.25) is 9.98 Å². The number of furan rings is 1. The van der Waals surface area contributed by atoms with Crippen LogP contribution in [-0.2, 0) is 0 Å². The summed E-state index contributed by atoms with van der Waals surface area (Å²) < 4.78 is 11.9. The van der Waals surface area contributed by atoms with Gasteiger partial charge in [-0.15, -0.1) is 0 Å². The molecule has 2 aliphatic heterocycles. The maximum absolute atomic E-state index is 9.27. The van der Waals surface area contributed by atoms with E-state index in [9.17, 15) is 5.26 Å². The van der Waals surface area contributed by atoms with Crippen LogP contribution in [0.5, 0.6) is 5.75 Å². The molecule has 27 heavy (non-hydrogen) atoms. The number of aliphatic imine (C=N–C) groups is 1. The summed E-state index contributed by atoms with van der Waals surface area (Å²) in [5.74, 6) is 2.59. The molecule has 3 aromatic rings. The van der Waals surface area contributed by atoms with Gasteiger partial charge in [0.05, 0.1) is 17.8 Å². The van der Waals surface area contributed by atoms with Crippen molar-refractivity contribution in [2.45, 2.75) is 6.42 Å². The van der Waals surface area contributed by atoms with E-state index in [-0.39, 0.29) is 0 Å². The van der Waals surface area contributed by atoms with Gasteiger partial charge in [0.1, 0.15) is 35.6 Å². The van der Waals surface area contributed by atoms with Crippen molar-refractivity contribution in [2.24, 2.45) is 4.99 Å². The predicted octanol–water partition coefficient (Wildman–Crippen LogP) is 3.75. The number of hydrogen-bond acceptors (Lipinski definition) is 6. The maximum atomic E-state index is 9.27. The minimum absolute atomic E-state index is 0.490. The van der Waals surface area contributed by atoms with Gasteiger partial charge in [-0.1, -0.05) is 6.08 Å². The fourth-order valence-corrected chi connectivity index (χ4v) is 3.53. The second-order valence-corrected chi connectivity index (χ2v) is 6.48. The normalized spacial score (nSPS) is 15.4. The van der Waals surface area contributed by atoms with Crippen molar-refractivity contribution in [1.82, 2.24) is 9.88 Å². The van der Waals surface area contributed by atoms with Crippen LogP contribution in [0, 0.1) is 11.3 Å². The lowest BCUT2D eigenvalue weighted by Crippen LogP contribution is -2.25. The number of benzene rings is 1. The highest BCUT2D eigenvalue weighted by Crippen LogP contribution is 2.32. The van der Waals surface area contributed by atoms with Crippen LogP contribution < -0.4 is 4.74 Å². The quantitative estimate of drug-likeness (QED) is 0.712. The molecular weight excluding hydrogens is 340 g/mol. The molecule has 2 aromatic heterocycles. The fourth-order valence-electron chi connectivity index (χ4n) is 3.53. The summed E-state index contributed by atoms with van der Waals surface area (Å²) in [6.07, 6.45) is 6.28. The van der Waals surface area contributed by atoms with Crippen LogP contribution in [0.25, 0.3) is 22.3 Å². The van der Waals surface area contributed by atoms with Gasteiger partial charge in [-0.05, 0) is 30.3 Å². The molecule has 0 unspecified atom stereocenters. The smallest absolute Gasteiger partial charge is 0.136 e. The first-order valence-electron chi connectivity index (χ1n) is 8.82. The van der Waals surface area contributed by atoms with E-state index in [4.69, 9.17) is 9.15 Å². The van der Waals surface area contributed by atoms with Gasteiger partial charge in [-0.2, -0.15) is 5.26 Å². The molecule has 0 spiro atoms. The number of hydrogen-bond donors (Lipinski definition) is 0. The standard InChI is InChI=1S/C21H16N4O2/c22-11-15-12-23-6-5-18(15)20-10-14-9-17(2-3-19(14)27-20)26-13-16-1-4-21-24-7-8-25(16)21/h1-3,5-6,9-10,12H,4,7-8,13H2. The van der Waals surface area contributed by atoms with E-state index in [2.05, 4.69) is 27.0 Å². The van der Waals surface area contributed by atoms with E-state index in [1.165, 1.54) is 5.70 Å². The molecule has 0 amide bonds. The Bertz CT molecular complexity index is 1140. The fraction of sp³-hybridized carbons (Fsp3) is 0.190. The number of rotatable bonds is 4. The van der Waals surface area contributed by atoms with E-state index in [1.807, 2.05) is 24.3 Å². The van der Waals surface area contributed by atoms with E-state index in [0.717, 1.165) is 47.6 Å². The van der Waals surface area contributed by atoms with Crippen molar-refractivity contribution < 1.29 is 9.15 Å². The molecule has 6 heteroatoms. The number of nitriles is 1. The summed E-state index contributed by atoms with van der Waals surface area (Å²) in [7, 11) is 0. The molecule has 0 saturated carbocycles. The van der Waals surface area contributed by atoms with Crippen molar-refractivity contribution >= 4 is 16.8 Å². The second-order valence-electron chi connectivity index (χ2n) is 6.48. The number of pyridine rings is 1. The zero-order valence-electron chi connectivity index (χ0n) is 14.6. The van der Waals surface area contributed by atoms with Crippen molar-refractivity contribution in [3.05, 3.63) is 60.1 Å². The number of nitrogens with zero attached hydrogens (tertiary/aromatic N) is 4. The van der Waals surface area contributed by atoms with Crippen LogP contribution in [-0.4, -0.2) is 35.4 Å². The summed E-state index contributed by atoms with van der Waals surface area (Å²) in [4.78, 5) is 10.7. The zero-order chi connectivity index (χ0) is 18.2. The third-order valence-electron chi connectivity index (χ3n) is 4.88. The van der Waals surface area contributed by atoms with E-state index < -0.39 is 0 Å². The summed E-state index contributed by atoms with van der Waals surface area (Å²) in [6, 6.07) is 11.6. The summed E-state index contributed by atoms with van der Waals surface area (Å²) in [5, 5.41) is 10.2. The largest absolute Gasteiger partial charge is 0.487 e. The van der Waals surface area contributed by atoms with Crippen molar-refractivity contribution in [2.75, 3.05) is 19.7 Å². The van der Waals surface area contributed by atoms with Gasteiger partial charge in [-0.25, -0.2) is 0 Å². The first-order valence-corrected chi connectivity index (χ1v) is 8.82. The van der Waals surface area contributed by atoms with E-state index in [0.29, 0.717) is 17.9 Å². The van der Waals surface area contributed by atoms with Crippen LogP contribution in [0.3, 0.4) is 0 Å². The summed E-state index contributed by atoms with van der Waals surface area (Å²) in [5.41, 5.74) is 3.16. The Morgan fingerprint density at radius 1 is 1.26 bits per heavy atom. The Balaban J connectivity index is 1.38. The molecular formula is C21H16N4O2. The highest BCUT2D eigenvalue weighted by molar-refractivity contribution is 5.89. The van der Waals surface area contributed by atoms with Gasteiger partial charge in [0.25, 0.3) is 0 Å². The average molecular weight is 356 g/mol. The molecule has 0 radical (unpaired) electrons. The lowest BCUT2D eigenvalue weighted by molar-refractivity contribution is 0.322. The number of amidine groups is 1. The zero-order valence-corrected chi connectivity index (χ0v) is 14.6. The highest BCUT2D eigenvalue weighted by atomic mass is 16.5. The Hall–Kier alpha value is -3.59. The summed E-state index contributed by atoms with van der Waals surface area (Å²) >= 11 is 0. The van der Waals surface area contributed by atoms with Crippen molar-refractivity contribution in [1.29, 1.82) is 5.26 Å².